The largest absolute Gasteiger partial charge is 1.00 e. The molecule has 1 heterocycles. The quantitative estimate of drug-likeness (QED) is 0.605. The van der Waals surface area contributed by atoms with E-state index in [0.717, 1.165) is 16.8 Å². The van der Waals surface area contributed by atoms with Gasteiger partial charge < -0.3 is 12.9 Å². The first-order chi connectivity index (χ1) is 7.39. The first kappa shape index (κ1) is 14.9. The Labute approximate surface area is 138 Å². The van der Waals surface area contributed by atoms with Crippen molar-refractivity contribution in [2.45, 2.75) is 6.92 Å². The van der Waals surface area contributed by atoms with E-state index in [0.29, 0.717) is 5.39 Å². The summed E-state index contributed by atoms with van der Waals surface area (Å²) in [7, 11) is 0. The summed E-state index contributed by atoms with van der Waals surface area (Å²) in [6.07, 6.45) is 1.36. The van der Waals surface area contributed by atoms with E-state index in [1.165, 1.54) is 19.2 Å². The Morgan fingerprint density at radius 2 is 2.00 bits per heavy atom. The molecule has 8 heteroatoms. The van der Waals surface area contributed by atoms with Crippen LogP contribution in [-0.2, 0) is 0 Å². The third-order valence-electron chi connectivity index (χ3n) is 2.27. The molecule has 0 bridgehead atoms. The van der Waals surface area contributed by atoms with Crippen LogP contribution in [0.4, 0.5) is 12.9 Å². The molecule has 0 N–H and O–H groups in total. The molecule has 84 valence electrons. The van der Waals surface area contributed by atoms with Crippen molar-refractivity contribution < 1.29 is 69.1 Å². The van der Waals surface area contributed by atoms with Crippen molar-refractivity contribution in [2.24, 2.45) is 0 Å². The van der Waals surface area contributed by atoms with Crippen molar-refractivity contribution in [1.82, 2.24) is 9.78 Å². The topological polar surface area (TPSA) is 34.9 Å². The maximum Gasteiger partial charge on any atom is 1.00 e. The third-order valence-corrected chi connectivity index (χ3v) is 2.27. The van der Waals surface area contributed by atoms with Crippen molar-refractivity contribution in [2.75, 3.05) is 0 Å². The molecule has 17 heavy (non-hydrogen) atoms. The summed E-state index contributed by atoms with van der Waals surface area (Å²) in [6, 6.07) is 3.25. The van der Waals surface area contributed by atoms with Crippen LogP contribution in [0.3, 0.4) is 0 Å². The predicted molar refractivity (Wildman–Crippen MR) is 54.7 cm³/mol. The first-order valence-electron chi connectivity index (χ1n) is 4.58. The molecule has 0 aliphatic rings. The van der Waals surface area contributed by atoms with E-state index in [9.17, 15) is 17.7 Å². The van der Waals surface area contributed by atoms with Gasteiger partial charge in [-0.05, 0) is 0 Å². The maximum atomic E-state index is 12.5. The van der Waals surface area contributed by atoms with Gasteiger partial charge in [0.05, 0.1) is 11.7 Å². The number of fused-ring (bicyclic) bond motifs is 1. The van der Waals surface area contributed by atoms with E-state index < -0.39 is 18.3 Å². The van der Waals surface area contributed by atoms with Crippen LogP contribution in [0.2, 0.25) is 0 Å². The van der Waals surface area contributed by atoms with Crippen LogP contribution in [0, 0.1) is 0 Å². The Morgan fingerprint density at radius 3 is 2.53 bits per heavy atom. The molecule has 1 aromatic carbocycles. The van der Waals surface area contributed by atoms with Crippen LogP contribution in [0.5, 0.6) is 0 Å². The second-order valence-corrected chi connectivity index (χ2v) is 3.47. The van der Waals surface area contributed by atoms with Gasteiger partial charge in [0, 0.05) is 12.3 Å². The van der Waals surface area contributed by atoms with Gasteiger partial charge in [-0.15, -0.1) is 5.46 Å². The van der Waals surface area contributed by atoms with E-state index in [-0.39, 0.29) is 56.9 Å². The fourth-order valence-corrected chi connectivity index (χ4v) is 1.49. The minimum absolute atomic E-state index is 0. The zero-order chi connectivity index (χ0) is 11.9. The average Bonchev–Trinajstić information content (AvgIpc) is 2.58. The minimum Gasteiger partial charge on any atom is -0.445 e. The molecular weight excluding hydrogens is 259 g/mol. The summed E-state index contributed by atoms with van der Waals surface area (Å²) in [6.45, 7) is -3.81. The first-order valence-corrected chi connectivity index (χ1v) is 4.58. The standard InChI is InChI=1S/C9H7BF3N2O.K/c1-6(16)15-9-4-8(10(11,12)13)3-2-7(9)5-14-15;/h2-5H,1H3;/q-1;+1. The predicted octanol–water partition coefficient (Wildman–Crippen LogP) is -1.25. The normalized spacial score (nSPS) is 11.3. The van der Waals surface area contributed by atoms with E-state index in [1.807, 2.05) is 0 Å². The Morgan fingerprint density at radius 1 is 1.35 bits per heavy atom. The van der Waals surface area contributed by atoms with Gasteiger partial charge in [-0.1, -0.05) is 18.2 Å². The number of halogens is 3. The monoisotopic (exact) mass is 266 g/mol. The SMILES string of the molecule is CC(=O)n1ncc2ccc([B-](F)(F)F)cc21.[K+]. The number of hydrogen-bond donors (Lipinski definition) is 0. The van der Waals surface area contributed by atoms with Gasteiger partial charge in [0.1, 0.15) is 0 Å². The minimum atomic E-state index is -5.05. The van der Waals surface area contributed by atoms with Gasteiger partial charge >= 0.3 is 58.4 Å². The van der Waals surface area contributed by atoms with Gasteiger partial charge in [0.2, 0.25) is 5.91 Å². The summed E-state index contributed by atoms with van der Waals surface area (Å²) in [5.74, 6) is -0.415. The second kappa shape index (κ2) is 5.23. The maximum absolute atomic E-state index is 12.5. The van der Waals surface area contributed by atoms with Crippen molar-refractivity contribution in [3.05, 3.63) is 24.4 Å². The molecule has 0 saturated heterocycles. The fourth-order valence-electron chi connectivity index (χ4n) is 1.49. The molecule has 0 aliphatic heterocycles. The summed E-state index contributed by atoms with van der Waals surface area (Å²) < 4.78 is 38.5. The van der Waals surface area contributed by atoms with Crippen molar-refractivity contribution in [3.8, 4) is 0 Å². The van der Waals surface area contributed by atoms with Crippen LogP contribution in [0.25, 0.3) is 10.9 Å². The summed E-state index contributed by atoms with van der Waals surface area (Å²) in [5, 5.41) is 4.24. The Kier molecular flexibility index (Phi) is 4.59. The summed E-state index contributed by atoms with van der Waals surface area (Å²) >= 11 is 0. The number of benzene rings is 1. The fraction of sp³-hybridized carbons (Fsp3) is 0.111. The Hall–Kier alpha value is -0.149. The number of carbonyl (C=O) groups is 1. The molecular formula is C9H7BF3KN2O. The Balaban J connectivity index is 0.00000144. The smallest absolute Gasteiger partial charge is 0.445 e. The van der Waals surface area contributed by atoms with Gasteiger partial charge in [-0.3, -0.25) is 4.79 Å². The van der Waals surface area contributed by atoms with Gasteiger partial charge in [0.15, 0.2) is 0 Å². The van der Waals surface area contributed by atoms with Crippen LogP contribution in [0.15, 0.2) is 24.4 Å². The van der Waals surface area contributed by atoms with Crippen molar-refractivity contribution >= 4 is 29.3 Å². The molecule has 0 saturated carbocycles. The van der Waals surface area contributed by atoms with Gasteiger partial charge in [0.25, 0.3) is 0 Å². The molecule has 1 aromatic heterocycles. The zero-order valence-corrected chi connectivity index (χ0v) is 12.4. The number of carbonyl (C=O) groups excluding carboxylic acids is 1. The molecule has 2 rings (SSSR count). The zero-order valence-electron chi connectivity index (χ0n) is 9.32. The molecule has 0 aliphatic carbocycles. The van der Waals surface area contributed by atoms with Crippen LogP contribution < -0.4 is 56.8 Å². The molecule has 0 fully saturated rings. The van der Waals surface area contributed by atoms with Crippen molar-refractivity contribution in [3.63, 3.8) is 0 Å². The second-order valence-electron chi connectivity index (χ2n) is 3.47. The van der Waals surface area contributed by atoms with E-state index in [4.69, 9.17) is 0 Å². The molecule has 0 atom stereocenters. The molecule has 2 aromatic rings. The molecule has 0 radical (unpaired) electrons. The number of rotatable bonds is 1. The van der Waals surface area contributed by atoms with E-state index in [2.05, 4.69) is 5.10 Å². The van der Waals surface area contributed by atoms with Crippen molar-refractivity contribution in [1.29, 1.82) is 0 Å². The van der Waals surface area contributed by atoms with E-state index >= 15 is 0 Å². The molecule has 0 spiro atoms. The Bertz CT molecular complexity index is 567. The summed E-state index contributed by atoms with van der Waals surface area (Å²) in [4.78, 5) is 11.1. The molecule has 3 nitrogen and oxygen atoms in total. The summed E-state index contributed by atoms with van der Waals surface area (Å²) in [5.41, 5.74) is -0.542. The van der Waals surface area contributed by atoms with Gasteiger partial charge in [-0.2, -0.15) is 5.10 Å². The van der Waals surface area contributed by atoms with E-state index in [1.54, 1.807) is 0 Å². The number of nitrogens with zero attached hydrogens (tertiary/aromatic N) is 2. The third kappa shape index (κ3) is 3.00. The number of hydrogen-bond acceptors (Lipinski definition) is 2. The molecule has 0 amide bonds. The van der Waals surface area contributed by atoms with Crippen LogP contribution in [0.1, 0.15) is 11.7 Å². The van der Waals surface area contributed by atoms with Gasteiger partial charge in [-0.25, -0.2) is 4.68 Å². The average molecular weight is 266 g/mol. The molecule has 0 unspecified atom stereocenters. The van der Waals surface area contributed by atoms with Crippen LogP contribution >= 0.6 is 0 Å². The number of aromatic nitrogens is 2. The van der Waals surface area contributed by atoms with Crippen LogP contribution in [-0.4, -0.2) is 22.7 Å².